The monoisotopic (exact) mass is 607 g/mol. The van der Waals surface area contributed by atoms with Crippen LogP contribution in [0.5, 0.6) is 5.75 Å². The highest BCUT2D eigenvalue weighted by molar-refractivity contribution is 7.71. The van der Waals surface area contributed by atoms with Crippen molar-refractivity contribution in [3.8, 4) is 5.75 Å². The summed E-state index contributed by atoms with van der Waals surface area (Å²) in [6.45, 7) is 5.95. The van der Waals surface area contributed by atoms with Crippen LogP contribution in [0.15, 0.2) is 17.1 Å². The van der Waals surface area contributed by atoms with Crippen molar-refractivity contribution in [1.29, 1.82) is 0 Å². The summed E-state index contributed by atoms with van der Waals surface area (Å²) in [7, 11) is -5.16. The summed E-state index contributed by atoms with van der Waals surface area (Å²) in [5.74, 6) is -5.13. The number of hydrogen-bond acceptors (Lipinski definition) is 10. The number of benzene rings is 1. The maximum Gasteiger partial charge on any atom is 0.530 e. The van der Waals surface area contributed by atoms with E-state index >= 15 is 8.78 Å². The van der Waals surface area contributed by atoms with Gasteiger partial charge in [-0.1, -0.05) is 41.5 Å². The third-order valence-electron chi connectivity index (χ3n) is 6.31. The Morgan fingerprint density at radius 1 is 1.32 bits per heavy atom. The molecule has 1 aromatic heterocycles. The van der Waals surface area contributed by atoms with Crippen molar-refractivity contribution >= 4 is 26.3 Å². The number of phosphoric ester groups is 1. The van der Waals surface area contributed by atoms with Crippen molar-refractivity contribution < 1.29 is 50.8 Å². The van der Waals surface area contributed by atoms with Gasteiger partial charge in [0.1, 0.15) is 30.3 Å². The summed E-state index contributed by atoms with van der Waals surface area (Å²) in [4.78, 5) is 25.1. The molecule has 220 valence electrons. The molecule has 1 aromatic carbocycles. The average molecular weight is 608 g/mol. The van der Waals surface area contributed by atoms with Gasteiger partial charge in [0.15, 0.2) is 17.3 Å². The first-order valence-corrected chi connectivity index (χ1v) is 13.9. The van der Waals surface area contributed by atoms with Crippen LogP contribution in [0.1, 0.15) is 78.9 Å². The number of aromatic amines is 1. The van der Waals surface area contributed by atoms with Gasteiger partial charge in [-0.3, -0.25) is 28.2 Å². The fraction of sp³-hybridized carbons (Fsp3) is 0.560. The lowest BCUT2D eigenvalue weighted by molar-refractivity contribution is -0.205. The number of nitrogens with one attached hydrogen (secondary N) is 1. The number of H-pyrrole nitrogens is 1. The van der Waals surface area contributed by atoms with Gasteiger partial charge < -0.3 is 19.5 Å². The van der Waals surface area contributed by atoms with E-state index in [-0.39, 0.29) is 17.6 Å². The Labute approximate surface area is 237 Å². The van der Waals surface area contributed by atoms with Crippen LogP contribution in [-0.4, -0.2) is 50.7 Å². The zero-order valence-corrected chi connectivity index (χ0v) is 24.1. The quantitative estimate of drug-likeness (QED) is 0.258. The summed E-state index contributed by atoms with van der Waals surface area (Å²) >= 11 is 4.92. The van der Waals surface area contributed by atoms with Crippen molar-refractivity contribution in [2.45, 2.75) is 83.2 Å². The molecule has 5 atom stereocenters. The van der Waals surface area contributed by atoms with E-state index in [1.807, 2.05) is 4.98 Å². The van der Waals surface area contributed by atoms with E-state index in [1.54, 1.807) is 41.5 Å². The van der Waals surface area contributed by atoms with Crippen LogP contribution in [-0.2, 0) is 35.8 Å². The molecule has 3 heterocycles. The van der Waals surface area contributed by atoms with Crippen LogP contribution in [0.3, 0.4) is 0 Å². The first kappa shape index (κ1) is 26.6. The molecule has 0 radical (unpaired) electrons. The lowest BCUT2D eigenvalue weighted by Crippen LogP contribution is -2.43. The van der Waals surface area contributed by atoms with Gasteiger partial charge in [-0.2, -0.15) is 0 Å². The van der Waals surface area contributed by atoms with Gasteiger partial charge in [0.25, 0.3) is 11.4 Å². The molecule has 4 rings (SSSR count). The first-order chi connectivity index (χ1) is 19.4. The van der Waals surface area contributed by atoms with Crippen molar-refractivity contribution in [3.63, 3.8) is 0 Å². The van der Waals surface area contributed by atoms with Gasteiger partial charge in [-0.15, -0.1) is 0 Å². The normalized spacial score (nSPS) is 32.0. The van der Waals surface area contributed by atoms with E-state index in [2.05, 4.69) is 0 Å². The second kappa shape index (κ2) is 10.2. The highest BCUT2D eigenvalue weighted by Crippen LogP contribution is 2.58. The molecule has 2 aliphatic rings. The molecule has 0 saturated carbocycles. The Hall–Kier alpha value is -2.32. The number of aromatic nitrogens is 2. The van der Waals surface area contributed by atoms with Crippen molar-refractivity contribution in [2.24, 2.45) is 0 Å². The number of hydrogen-bond donors (Lipinski definition) is 3. The summed E-state index contributed by atoms with van der Waals surface area (Å²) in [6.07, 6.45) is -7.98. The summed E-state index contributed by atoms with van der Waals surface area (Å²) in [5.41, 5.74) is -2.44. The van der Waals surface area contributed by atoms with Crippen LogP contribution in [0.25, 0.3) is 0 Å². The SMILES string of the molecule is [2H]C([2H])(OP1(=O)OCc2c(F)c(C(C)(C)C)cc(C(C)(C)C)c2O1)[C@@]1(F)O[C@@]([2H])(n2cc(C=O)c(=O)[nH]c2=S)[C@H](O)[C@@H]1O. The van der Waals surface area contributed by atoms with Crippen molar-refractivity contribution in [2.75, 3.05) is 6.56 Å². The Balaban J connectivity index is 1.75. The second-order valence-electron chi connectivity index (χ2n) is 11.4. The largest absolute Gasteiger partial charge is 0.530 e. The molecule has 11 nitrogen and oxygen atoms in total. The van der Waals surface area contributed by atoms with Gasteiger partial charge in [0.2, 0.25) is 0 Å². The van der Waals surface area contributed by atoms with E-state index in [1.165, 1.54) is 6.07 Å². The molecular formula is C25H31F2N2O9PS. The number of ether oxygens (including phenoxy) is 1. The molecule has 0 aliphatic carbocycles. The lowest BCUT2D eigenvalue weighted by Gasteiger charge is -2.34. The Bertz CT molecular complexity index is 1660. The Kier molecular flexibility index (Phi) is 6.77. The molecule has 0 amide bonds. The summed E-state index contributed by atoms with van der Waals surface area (Å²) in [5, 5.41) is 21.2. The highest BCUT2D eigenvalue weighted by atomic mass is 32.1. The number of nitrogens with zero attached hydrogens (tertiary/aromatic N) is 1. The summed E-state index contributed by atoms with van der Waals surface area (Å²) in [6, 6.07) is 1.52. The third kappa shape index (κ3) is 5.46. The predicted molar refractivity (Wildman–Crippen MR) is 140 cm³/mol. The third-order valence-corrected chi connectivity index (χ3v) is 7.78. The average Bonchev–Trinajstić information content (AvgIpc) is 3.03. The zero-order chi connectivity index (χ0) is 32.7. The molecule has 15 heteroatoms. The number of aldehydes is 1. The summed E-state index contributed by atoms with van der Waals surface area (Å²) < 4.78 is 90.7. The van der Waals surface area contributed by atoms with Crippen LogP contribution < -0.4 is 10.1 Å². The van der Waals surface area contributed by atoms with Gasteiger partial charge in [-0.05, 0) is 34.7 Å². The van der Waals surface area contributed by atoms with Gasteiger partial charge in [0, 0.05) is 11.8 Å². The van der Waals surface area contributed by atoms with E-state index in [0.717, 1.165) is 0 Å². The minimum absolute atomic E-state index is 0.0662. The van der Waals surface area contributed by atoms with E-state index < -0.39 is 77.8 Å². The molecule has 40 heavy (non-hydrogen) atoms. The first-order valence-electron chi connectivity index (χ1n) is 13.5. The number of halogens is 2. The zero-order valence-electron chi connectivity index (χ0n) is 25.4. The Morgan fingerprint density at radius 3 is 2.52 bits per heavy atom. The molecule has 2 aliphatic heterocycles. The van der Waals surface area contributed by atoms with Crippen LogP contribution in [0.2, 0.25) is 0 Å². The minimum atomic E-state index is -5.16. The fourth-order valence-electron chi connectivity index (χ4n) is 4.10. The number of aliphatic hydroxyl groups excluding tert-OH is 2. The van der Waals surface area contributed by atoms with Crippen molar-refractivity contribution in [1.82, 2.24) is 9.55 Å². The number of carbonyl (C=O) groups is 1. The fourth-order valence-corrected chi connectivity index (χ4v) is 5.43. The van der Waals surface area contributed by atoms with Gasteiger partial charge in [0.05, 0.1) is 21.8 Å². The molecular weight excluding hydrogens is 573 g/mol. The van der Waals surface area contributed by atoms with Crippen LogP contribution >= 0.6 is 20.0 Å². The number of rotatable bonds is 5. The van der Waals surface area contributed by atoms with Crippen LogP contribution in [0.4, 0.5) is 8.78 Å². The molecule has 2 aromatic rings. The molecule has 0 bridgehead atoms. The predicted octanol–water partition coefficient (Wildman–Crippen LogP) is 4.10. The van der Waals surface area contributed by atoms with Crippen LogP contribution in [0, 0.1) is 10.6 Å². The van der Waals surface area contributed by atoms with E-state index in [9.17, 15) is 24.4 Å². The number of alkyl halides is 1. The smallest absolute Gasteiger partial charge is 0.403 e. The maximum absolute atomic E-state index is 16.3. The lowest BCUT2D eigenvalue weighted by atomic mass is 9.78. The van der Waals surface area contributed by atoms with Crippen molar-refractivity contribution in [3.05, 3.63) is 55.5 Å². The van der Waals surface area contributed by atoms with Gasteiger partial charge >= 0.3 is 7.82 Å². The Morgan fingerprint density at radius 2 is 1.95 bits per heavy atom. The molecule has 1 saturated heterocycles. The second-order valence-corrected chi connectivity index (χ2v) is 13.3. The number of carbonyl (C=O) groups excluding carboxylic acids is 1. The topological polar surface area (TPSA) is 149 Å². The van der Waals surface area contributed by atoms with E-state index in [4.69, 9.17) is 34.6 Å². The molecule has 1 fully saturated rings. The number of aliphatic hydroxyl groups is 2. The highest BCUT2D eigenvalue weighted by Gasteiger charge is 2.57. The van der Waals surface area contributed by atoms with E-state index in [0.29, 0.717) is 21.9 Å². The maximum atomic E-state index is 16.3. The molecule has 0 spiro atoms. The van der Waals surface area contributed by atoms with Gasteiger partial charge in [-0.25, -0.2) is 13.3 Å². The molecule has 1 unspecified atom stereocenters. The molecule has 3 N–H and O–H groups in total. The number of phosphoric acid groups is 1. The minimum Gasteiger partial charge on any atom is -0.403 e. The number of fused-ring (bicyclic) bond motifs is 1. The standard InChI is InChI=1S/C25H31F2N2O9PS/c1-23(2,3)14-7-15(24(4,5)6)18-13(16(14)26)10-35-39(34,38-18)36-11-25(27)19(32)17(31)21(37-25)29-8-12(9-30)20(33)28-22(29)40/h7-9,17,19,21,31-32H,10-11H2,1-6H3,(H,28,33,40)/t17-,19+,21-,25-,39?/m1/s1/i11D2,21D.